The van der Waals surface area contributed by atoms with E-state index in [9.17, 15) is 4.79 Å². The van der Waals surface area contributed by atoms with Crippen molar-refractivity contribution in [3.05, 3.63) is 59.4 Å². The van der Waals surface area contributed by atoms with Gasteiger partial charge in [-0.15, -0.1) is 0 Å². The van der Waals surface area contributed by atoms with E-state index in [0.717, 1.165) is 30.0 Å². The summed E-state index contributed by atoms with van der Waals surface area (Å²) < 4.78 is 5.27. The lowest BCUT2D eigenvalue weighted by Gasteiger charge is -2.21. The molecule has 1 aromatic heterocycles. The maximum atomic E-state index is 12.4. The van der Waals surface area contributed by atoms with Crippen molar-refractivity contribution in [2.45, 2.75) is 25.7 Å². The molecule has 1 saturated heterocycles. The molecule has 0 spiro atoms. The topological polar surface area (TPSA) is 71.3 Å². The first-order valence-corrected chi connectivity index (χ1v) is 9.79. The molecule has 0 unspecified atom stereocenters. The van der Waals surface area contributed by atoms with E-state index in [1.54, 1.807) is 12.1 Å². The highest BCUT2D eigenvalue weighted by Gasteiger charge is 2.17. The third-order valence-corrected chi connectivity index (χ3v) is 5.01. The minimum atomic E-state index is -0.0714. The van der Waals surface area contributed by atoms with Gasteiger partial charge >= 0.3 is 0 Å². The smallest absolute Gasteiger partial charge is 0.227 e. The molecule has 0 bridgehead atoms. The molecule has 7 heteroatoms. The maximum absolute atomic E-state index is 12.4. The van der Waals surface area contributed by atoms with E-state index in [-0.39, 0.29) is 12.3 Å². The number of benzene rings is 2. The van der Waals surface area contributed by atoms with E-state index in [0.29, 0.717) is 23.2 Å². The Bertz CT molecular complexity index is 949. The predicted octanol–water partition coefficient (Wildman–Crippen LogP) is 4.56. The first-order valence-electron chi connectivity index (χ1n) is 9.41. The van der Waals surface area contributed by atoms with Gasteiger partial charge in [0.25, 0.3) is 0 Å². The van der Waals surface area contributed by atoms with Crippen LogP contribution >= 0.6 is 11.6 Å². The number of para-hydroxylation sites is 2. The van der Waals surface area contributed by atoms with E-state index < -0.39 is 0 Å². The number of nitrogens with one attached hydrogen (secondary N) is 1. The molecule has 4 rings (SSSR count). The van der Waals surface area contributed by atoms with Gasteiger partial charge in [0.1, 0.15) is 0 Å². The number of hydrogen-bond donors (Lipinski definition) is 1. The maximum Gasteiger partial charge on any atom is 0.227 e. The fourth-order valence-corrected chi connectivity index (χ4v) is 3.44. The molecular weight excluding hydrogens is 376 g/mol. The van der Waals surface area contributed by atoms with E-state index in [1.807, 2.05) is 30.3 Å². The second-order valence-electron chi connectivity index (χ2n) is 6.78. The van der Waals surface area contributed by atoms with Crippen molar-refractivity contribution in [3.63, 3.8) is 0 Å². The number of nitrogens with zero attached hydrogens (tertiary/aromatic N) is 3. The third-order valence-electron chi connectivity index (χ3n) is 4.76. The molecule has 144 valence electrons. The molecule has 0 aliphatic carbocycles. The highest BCUT2D eigenvalue weighted by molar-refractivity contribution is 6.30. The Balaban J connectivity index is 1.36. The Kier molecular flexibility index (Phi) is 5.58. The quantitative estimate of drug-likeness (QED) is 0.661. The van der Waals surface area contributed by atoms with Crippen LogP contribution in [-0.4, -0.2) is 29.1 Å². The SMILES string of the molecule is O=C(CCc1nc(-c2ccc(Cl)cc2)no1)Nc1ccccc1N1CCCC1. The molecule has 0 radical (unpaired) electrons. The predicted molar refractivity (Wildman–Crippen MR) is 110 cm³/mol. The Morgan fingerprint density at radius 3 is 2.64 bits per heavy atom. The lowest BCUT2D eigenvalue weighted by molar-refractivity contribution is -0.116. The number of aryl methyl sites for hydroxylation is 1. The first-order chi connectivity index (χ1) is 13.7. The summed E-state index contributed by atoms with van der Waals surface area (Å²) in [4.78, 5) is 19.1. The highest BCUT2D eigenvalue weighted by atomic mass is 35.5. The minimum absolute atomic E-state index is 0.0714. The van der Waals surface area contributed by atoms with Crippen LogP contribution in [0.2, 0.25) is 5.02 Å². The second kappa shape index (κ2) is 8.44. The molecule has 2 aromatic carbocycles. The van der Waals surface area contributed by atoms with Crippen molar-refractivity contribution in [2.24, 2.45) is 0 Å². The van der Waals surface area contributed by atoms with Crippen LogP contribution in [0.15, 0.2) is 53.1 Å². The molecule has 1 fully saturated rings. The van der Waals surface area contributed by atoms with Crippen LogP contribution in [0, 0.1) is 0 Å². The summed E-state index contributed by atoms with van der Waals surface area (Å²) >= 11 is 5.90. The number of carbonyl (C=O) groups is 1. The van der Waals surface area contributed by atoms with Crippen molar-refractivity contribution >= 4 is 28.9 Å². The molecule has 3 aromatic rings. The van der Waals surface area contributed by atoms with Gasteiger partial charge in [0.15, 0.2) is 0 Å². The zero-order valence-corrected chi connectivity index (χ0v) is 16.2. The summed E-state index contributed by atoms with van der Waals surface area (Å²) in [6, 6.07) is 15.1. The van der Waals surface area contributed by atoms with Crippen LogP contribution in [0.25, 0.3) is 11.4 Å². The molecule has 1 amide bonds. The fourth-order valence-electron chi connectivity index (χ4n) is 3.32. The Hall–Kier alpha value is -2.86. The number of aromatic nitrogens is 2. The summed E-state index contributed by atoms with van der Waals surface area (Å²) in [5.41, 5.74) is 2.75. The normalized spacial score (nSPS) is 13.7. The van der Waals surface area contributed by atoms with Crippen LogP contribution in [0.3, 0.4) is 0 Å². The average molecular weight is 397 g/mol. The summed E-state index contributed by atoms with van der Waals surface area (Å²) in [6.07, 6.45) is 3.04. The lowest BCUT2D eigenvalue weighted by atomic mass is 10.2. The third kappa shape index (κ3) is 4.34. The average Bonchev–Trinajstić information content (AvgIpc) is 3.40. The van der Waals surface area contributed by atoms with Gasteiger partial charge in [0, 0.05) is 36.5 Å². The second-order valence-corrected chi connectivity index (χ2v) is 7.21. The van der Waals surface area contributed by atoms with Gasteiger partial charge in [0.05, 0.1) is 11.4 Å². The fraction of sp³-hybridized carbons (Fsp3) is 0.286. The van der Waals surface area contributed by atoms with Crippen molar-refractivity contribution in [1.29, 1.82) is 0 Å². The number of rotatable bonds is 6. The van der Waals surface area contributed by atoms with Crippen LogP contribution in [0.5, 0.6) is 0 Å². The Morgan fingerprint density at radius 2 is 1.86 bits per heavy atom. The summed E-state index contributed by atoms with van der Waals surface area (Å²) in [6.45, 7) is 2.06. The van der Waals surface area contributed by atoms with Crippen molar-refractivity contribution in [2.75, 3.05) is 23.3 Å². The Morgan fingerprint density at radius 1 is 1.11 bits per heavy atom. The van der Waals surface area contributed by atoms with Crippen LogP contribution in [0.1, 0.15) is 25.2 Å². The van der Waals surface area contributed by atoms with Crippen molar-refractivity contribution < 1.29 is 9.32 Å². The Labute approximate surface area is 168 Å². The van der Waals surface area contributed by atoms with Gasteiger partial charge in [-0.25, -0.2) is 0 Å². The molecule has 2 heterocycles. The number of hydrogen-bond acceptors (Lipinski definition) is 5. The van der Waals surface area contributed by atoms with E-state index in [2.05, 4.69) is 26.4 Å². The van der Waals surface area contributed by atoms with Gasteiger partial charge in [-0.2, -0.15) is 4.98 Å². The van der Waals surface area contributed by atoms with Crippen LogP contribution in [0.4, 0.5) is 11.4 Å². The van der Waals surface area contributed by atoms with E-state index in [4.69, 9.17) is 16.1 Å². The zero-order valence-electron chi connectivity index (χ0n) is 15.4. The van der Waals surface area contributed by atoms with Crippen molar-refractivity contribution in [3.8, 4) is 11.4 Å². The van der Waals surface area contributed by atoms with E-state index >= 15 is 0 Å². The van der Waals surface area contributed by atoms with Gasteiger partial charge < -0.3 is 14.7 Å². The van der Waals surface area contributed by atoms with E-state index in [1.165, 1.54) is 12.8 Å². The molecule has 6 nitrogen and oxygen atoms in total. The zero-order chi connectivity index (χ0) is 19.3. The van der Waals surface area contributed by atoms with Crippen LogP contribution in [-0.2, 0) is 11.2 Å². The van der Waals surface area contributed by atoms with Gasteiger partial charge in [0.2, 0.25) is 17.6 Å². The van der Waals surface area contributed by atoms with Gasteiger partial charge in [-0.05, 0) is 49.2 Å². The number of amides is 1. The number of carbonyl (C=O) groups excluding carboxylic acids is 1. The highest BCUT2D eigenvalue weighted by Crippen LogP contribution is 2.28. The summed E-state index contributed by atoms with van der Waals surface area (Å²) in [7, 11) is 0. The standard InChI is InChI=1S/C21H21ClN4O2/c22-16-9-7-15(8-10-16)21-24-20(28-25-21)12-11-19(27)23-17-5-1-2-6-18(17)26-13-3-4-14-26/h1-2,5-10H,3-4,11-14H2,(H,23,27). The molecule has 28 heavy (non-hydrogen) atoms. The van der Waals surface area contributed by atoms with Gasteiger partial charge in [-0.1, -0.05) is 28.9 Å². The number of anilines is 2. The lowest BCUT2D eigenvalue weighted by Crippen LogP contribution is -2.21. The molecule has 0 atom stereocenters. The van der Waals surface area contributed by atoms with Gasteiger partial charge in [-0.3, -0.25) is 4.79 Å². The first kappa shape index (κ1) is 18.5. The van der Waals surface area contributed by atoms with Crippen molar-refractivity contribution in [1.82, 2.24) is 10.1 Å². The van der Waals surface area contributed by atoms with Crippen LogP contribution < -0.4 is 10.2 Å². The molecule has 1 aliphatic rings. The minimum Gasteiger partial charge on any atom is -0.370 e. The monoisotopic (exact) mass is 396 g/mol. The summed E-state index contributed by atoms with van der Waals surface area (Å²) in [5, 5.41) is 7.65. The molecule has 1 aliphatic heterocycles. The number of halogens is 1. The molecular formula is C21H21ClN4O2. The largest absolute Gasteiger partial charge is 0.370 e. The summed E-state index contributed by atoms with van der Waals surface area (Å²) in [5.74, 6) is 0.859. The molecule has 1 N–H and O–H groups in total. The molecule has 0 saturated carbocycles.